The highest BCUT2D eigenvalue weighted by atomic mass is 32.2. The summed E-state index contributed by atoms with van der Waals surface area (Å²) in [5.41, 5.74) is 1.58. The fourth-order valence-corrected chi connectivity index (χ4v) is 9.26. The molecule has 286 valence electrons. The summed E-state index contributed by atoms with van der Waals surface area (Å²) in [7, 11) is -3.89. The molecule has 1 aromatic carbocycles. The number of sulfonamides is 1. The van der Waals surface area contributed by atoms with Gasteiger partial charge in [-0.15, -0.1) is 0 Å². The van der Waals surface area contributed by atoms with Crippen LogP contribution in [0.1, 0.15) is 100 Å². The van der Waals surface area contributed by atoms with Gasteiger partial charge in [-0.25, -0.2) is 18.0 Å². The van der Waals surface area contributed by atoms with E-state index in [0.29, 0.717) is 51.6 Å². The fourth-order valence-electron chi connectivity index (χ4n) is 7.90. The Kier molecular flexibility index (Phi) is 10.8. The zero-order valence-corrected chi connectivity index (χ0v) is 30.7. The van der Waals surface area contributed by atoms with Crippen LogP contribution >= 0.6 is 0 Å². The lowest BCUT2D eigenvalue weighted by molar-refractivity contribution is -0.141. The van der Waals surface area contributed by atoms with Crippen LogP contribution in [0.2, 0.25) is 0 Å². The molecular weight excluding hydrogens is 703 g/mol. The van der Waals surface area contributed by atoms with E-state index in [1.165, 1.54) is 4.90 Å². The maximum Gasteiger partial charge on any atom is 0.410 e. The third-order valence-corrected chi connectivity index (χ3v) is 13.0. The SMILES string of the molecule is O=C1N[C@H]2CCCCC/C=C\[C@@H]3C[C@@]3(C(=O)NS(=O)(=O)C3CC3)NC(=O)[C@@H]3C[C@H](CN3C2=O)OC(=O)N2Cc3cccc(c3C2)/C=C/CCCCCO1. The van der Waals surface area contributed by atoms with Crippen molar-refractivity contribution in [3.05, 3.63) is 53.1 Å². The molecule has 15 heteroatoms. The Balaban J connectivity index is 1.16. The quantitative estimate of drug-likeness (QED) is 0.388. The first-order valence-electron chi connectivity index (χ1n) is 19.1. The van der Waals surface area contributed by atoms with Crippen molar-refractivity contribution < 1.29 is 41.9 Å². The van der Waals surface area contributed by atoms with E-state index in [0.717, 1.165) is 48.8 Å². The van der Waals surface area contributed by atoms with E-state index in [1.807, 2.05) is 30.4 Å². The van der Waals surface area contributed by atoms with Crippen molar-refractivity contribution in [1.82, 2.24) is 25.2 Å². The van der Waals surface area contributed by atoms with E-state index in [2.05, 4.69) is 27.5 Å². The normalized spacial score (nSPS) is 31.3. The highest BCUT2D eigenvalue weighted by molar-refractivity contribution is 7.91. The number of carbonyl (C=O) groups is 5. The molecule has 5 atom stereocenters. The van der Waals surface area contributed by atoms with Gasteiger partial charge in [0.15, 0.2) is 0 Å². The second-order valence-electron chi connectivity index (χ2n) is 15.2. The summed E-state index contributed by atoms with van der Waals surface area (Å²) in [5, 5.41) is 4.94. The smallest absolute Gasteiger partial charge is 0.410 e. The minimum absolute atomic E-state index is 0.0478. The molecule has 4 heterocycles. The Morgan fingerprint density at radius 3 is 2.55 bits per heavy atom. The molecule has 6 aliphatic rings. The van der Waals surface area contributed by atoms with Crippen LogP contribution in [0.25, 0.3) is 6.08 Å². The number of rotatable bonds is 3. The number of hydrogen-bond donors (Lipinski definition) is 3. The van der Waals surface area contributed by atoms with Crippen molar-refractivity contribution >= 4 is 46.0 Å². The van der Waals surface area contributed by atoms with Crippen molar-refractivity contribution in [2.45, 2.75) is 126 Å². The standard InChI is InChI=1S/C38H49N5O9S/c44-33-32-20-28-23-43(32)34(45)31(16-9-5-1-4-8-15-27-21-38(27,40-33)35(46)41-53(49,50)29-17-18-29)39-36(47)51-19-10-6-2-3-7-12-25-13-11-14-26-22-42(24-30(25)26)37(48)52-28/h7-8,11-15,27-29,31-32H,1-6,9-10,16-24H2,(H,39,47)(H,40,44)(H,41,46)/b12-7+,15-8-/t27-,28-,31+,32+,38-/m1/s1. The van der Waals surface area contributed by atoms with Gasteiger partial charge in [-0.3, -0.25) is 24.0 Å². The van der Waals surface area contributed by atoms with E-state index in [-0.39, 0.29) is 26.0 Å². The number of fused-ring (bicyclic) bond motifs is 4. The molecule has 3 fully saturated rings. The number of nitrogens with one attached hydrogen (secondary N) is 3. The molecule has 0 spiro atoms. The largest absolute Gasteiger partial charge is 0.450 e. The van der Waals surface area contributed by atoms with Crippen LogP contribution in [0.3, 0.4) is 0 Å². The average molecular weight is 752 g/mol. The minimum atomic E-state index is -3.89. The van der Waals surface area contributed by atoms with Crippen LogP contribution in [0.5, 0.6) is 0 Å². The summed E-state index contributed by atoms with van der Waals surface area (Å²) >= 11 is 0. The van der Waals surface area contributed by atoms with Crippen molar-refractivity contribution in [3.8, 4) is 0 Å². The first-order valence-corrected chi connectivity index (χ1v) is 20.6. The van der Waals surface area contributed by atoms with E-state index >= 15 is 0 Å². The number of ether oxygens (including phenoxy) is 2. The van der Waals surface area contributed by atoms with Gasteiger partial charge in [-0.2, -0.15) is 0 Å². The molecule has 2 saturated carbocycles. The lowest BCUT2D eigenvalue weighted by Gasteiger charge is -2.29. The van der Waals surface area contributed by atoms with Gasteiger partial charge in [0.1, 0.15) is 23.7 Å². The summed E-state index contributed by atoms with van der Waals surface area (Å²) in [6.07, 6.45) is 13.3. The third-order valence-electron chi connectivity index (χ3n) is 11.2. The van der Waals surface area contributed by atoms with E-state index < -0.39 is 74.8 Å². The second-order valence-corrected chi connectivity index (χ2v) is 17.1. The van der Waals surface area contributed by atoms with Crippen molar-refractivity contribution in [3.63, 3.8) is 0 Å². The number of benzene rings is 1. The summed E-state index contributed by atoms with van der Waals surface area (Å²) < 4.78 is 39.2. The van der Waals surface area contributed by atoms with Crippen molar-refractivity contribution in [2.24, 2.45) is 5.92 Å². The number of hydrogen-bond acceptors (Lipinski definition) is 9. The summed E-state index contributed by atoms with van der Waals surface area (Å²) in [4.78, 5) is 71.8. The summed E-state index contributed by atoms with van der Waals surface area (Å²) in [6, 6.07) is 3.80. The number of allylic oxidation sites excluding steroid dienone is 2. The molecular formula is C38H49N5O9S. The second kappa shape index (κ2) is 15.5. The van der Waals surface area contributed by atoms with Gasteiger partial charge < -0.3 is 25.0 Å². The van der Waals surface area contributed by atoms with Crippen LogP contribution in [0.4, 0.5) is 9.59 Å². The van der Waals surface area contributed by atoms with Gasteiger partial charge in [0.05, 0.1) is 24.9 Å². The number of cyclic esters (lactones) is 1. The van der Waals surface area contributed by atoms with Gasteiger partial charge in [0, 0.05) is 18.9 Å². The Morgan fingerprint density at radius 2 is 1.74 bits per heavy atom. The Morgan fingerprint density at radius 1 is 0.943 bits per heavy atom. The zero-order valence-electron chi connectivity index (χ0n) is 29.9. The van der Waals surface area contributed by atoms with Crippen molar-refractivity contribution in [2.75, 3.05) is 13.2 Å². The molecule has 7 rings (SSSR count). The van der Waals surface area contributed by atoms with E-state index in [1.54, 1.807) is 4.90 Å². The summed E-state index contributed by atoms with van der Waals surface area (Å²) in [5.74, 6) is -2.43. The predicted octanol–water partition coefficient (Wildman–Crippen LogP) is 3.79. The van der Waals surface area contributed by atoms with Crippen molar-refractivity contribution in [1.29, 1.82) is 0 Å². The lowest BCUT2D eigenvalue weighted by Crippen LogP contribution is -2.58. The lowest BCUT2D eigenvalue weighted by atomic mass is 10.0. The first-order chi connectivity index (χ1) is 25.5. The fraction of sp³-hybridized carbons (Fsp3) is 0.605. The molecule has 5 amide bonds. The highest BCUT2D eigenvalue weighted by Crippen LogP contribution is 2.46. The molecule has 0 unspecified atom stereocenters. The van der Waals surface area contributed by atoms with Gasteiger partial charge in [-0.1, -0.05) is 55.3 Å². The van der Waals surface area contributed by atoms with Crippen LogP contribution < -0.4 is 15.4 Å². The van der Waals surface area contributed by atoms with Crippen LogP contribution in [-0.2, 0) is 47.0 Å². The Labute approximate surface area is 310 Å². The third kappa shape index (κ3) is 8.39. The molecule has 5 bridgehead atoms. The van der Waals surface area contributed by atoms with Crippen LogP contribution in [0.15, 0.2) is 36.4 Å². The van der Waals surface area contributed by atoms with Gasteiger partial charge >= 0.3 is 12.2 Å². The monoisotopic (exact) mass is 751 g/mol. The molecule has 3 N–H and O–H groups in total. The molecule has 2 aliphatic carbocycles. The number of nitrogens with zero attached hydrogens (tertiary/aromatic N) is 2. The first kappa shape index (κ1) is 36.9. The maximum absolute atomic E-state index is 14.4. The van der Waals surface area contributed by atoms with E-state index in [9.17, 15) is 32.4 Å². The topological polar surface area (TPSA) is 181 Å². The van der Waals surface area contributed by atoms with Crippen LogP contribution in [-0.4, -0.2) is 90.3 Å². The molecule has 1 aromatic rings. The highest BCUT2D eigenvalue weighted by Gasteiger charge is 2.62. The predicted molar refractivity (Wildman–Crippen MR) is 193 cm³/mol. The van der Waals surface area contributed by atoms with Gasteiger partial charge in [0.25, 0.3) is 5.91 Å². The minimum Gasteiger partial charge on any atom is -0.450 e. The molecule has 0 aromatic heterocycles. The van der Waals surface area contributed by atoms with Gasteiger partial charge in [-0.05, 0) is 80.9 Å². The molecule has 4 aliphatic heterocycles. The zero-order chi connectivity index (χ0) is 37.2. The Bertz CT molecular complexity index is 1790. The van der Waals surface area contributed by atoms with Crippen LogP contribution in [0, 0.1) is 5.92 Å². The molecule has 0 radical (unpaired) electrons. The molecule has 14 nitrogen and oxygen atoms in total. The summed E-state index contributed by atoms with van der Waals surface area (Å²) in [6.45, 7) is 0.803. The average Bonchev–Trinajstić information content (AvgIpc) is 4.01. The number of carbonyl (C=O) groups excluding carboxylic acids is 5. The number of amides is 5. The maximum atomic E-state index is 14.4. The Hall–Kier alpha value is -4.40. The van der Waals surface area contributed by atoms with E-state index in [4.69, 9.17) is 9.47 Å². The molecule has 53 heavy (non-hydrogen) atoms. The molecule has 1 saturated heterocycles. The van der Waals surface area contributed by atoms with Gasteiger partial charge in [0.2, 0.25) is 21.8 Å². The number of alkyl carbamates (subject to hydrolysis) is 1.